The van der Waals surface area contributed by atoms with Gasteiger partial charge in [0, 0.05) is 13.2 Å². The summed E-state index contributed by atoms with van der Waals surface area (Å²) in [4.78, 5) is 11.4. The van der Waals surface area contributed by atoms with Crippen LogP contribution in [0.25, 0.3) is 0 Å². The van der Waals surface area contributed by atoms with E-state index >= 15 is 0 Å². The number of nitrogens with zero attached hydrogens (tertiary/aromatic N) is 2. The number of primary sulfonamides is 1. The second-order valence-electron chi connectivity index (χ2n) is 4.02. The Labute approximate surface area is 114 Å². The minimum Gasteiger partial charge on any atom is -0.318 e. The molecule has 3 N–H and O–H groups in total. The van der Waals surface area contributed by atoms with Crippen molar-refractivity contribution in [2.75, 3.05) is 5.32 Å². The first-order valence-electron chi connectivity index (χ1n) is 5.41. The molecule has 1 aromatic heterocycles. The summed E-state index contributed by atoms with van der Waals surface area (Å²) in [6.07, 6.45) is 1.56. The molecule has 0 unspecified atom stereocenters. The van der Waals surface area contributed by atoms with E-state index in [9.17, 15) is 17.6 Å². The van der Waals surface area contributed by atoms with Gasteiger partial charge in [-0.25, -0.2) is 17.9 Å². The van der Waals surface area contributed by atoms with Crippen LogP contribution in [0.2, 0.25) is 0 Å². The van der Waals surface area contributed by atoms with Crippen LogP contribution in [0.4, 0.5) is 10.1 Å². The summed E-state index contributed by atoms with van der Waals surface area (Å²) in [6.45, 7) is 0. The molecule has 2 rings (SSSR count). The molecule has 0 bridgehead atoms. The van der Waals surface area contributed by atoms with Crippen LogP contribution < -0.4 is 10.5 Å². The topological polar surface area (TPSA) is 107 Å². The molecule has 0 saturated heterocycles. The molecule has 0 radical (unpaired) electrons. The number of aryl methyl sites for hydroxylation is 1. The van der Waals surface area contributed by atoms with Gasteiger partial charge in [0.2, 0.25) is 10.0 Å². The highest BCUT2D eigenvalue weighted by Gasteiger charge is 2.15. The zero-order chi connectivity index (χ0) is 14.9. The third-order valence-electron chi connectivity index (χ3n) is 2.46. The van der Waals surface area contributed by atoms with Crippen LogP contribution in [-0.2, 0) is 17.1 Å². The van der Waals surface area contributed by atoms with Gasteiger partial charge in [0.15, 0.2) is 5.69 Å². The molecule has 0 aliphatic heterocycles. The maximum atomic E-state index is 13.7. The highest BCUT2D eigenvalue weighted by molar-refractivity contribution is 7.89. The summed E-state index contributed by atoms with van der Waals surface area (Å²) >= 11 is 0. The van der Waals surface area contributed by atoms with Crippen molar-refractivity contribution in [2.45, 2.75) is 4.90 Å². The number of hydrogen-bond acceptors (Lipinski definition) is 4. The van der Waals surface area contributed by atoms with Crippen LogP contribution in [-0.4, -0.2) is 24.1 Å². The molecule has 9 heteroatoms. The Balaban J connectivity index is 2.25. The SMILES string of the molecule is Cn1ccc(C(=O)Nc2ccc(S(N)(=O)=O)cc2F)n1. The Kier molecular flexibility index (Phi) is 3.55. The molecule has 0 aliphatic rings. The fourth-order valence-corrected chi connectivity index (χ4v) is 2.02. The number of rotatable bonds is 3. The molecule has 2 aromatic rings. The van der Waals surface area contributed by atoms with Crippen LogP contribution in [0, 0.1) is 5.82 Å². The summed E-state index contributed by atoms with van der Waals surface area (Å²) in [5.41, 5.74) is -0.0459. The Bertz CT molecular complexity index is 770. The molecule has 20 heavy (non-hydrogen) atoms. The van der Waals surface area contributed by atoms with E-state index in [1.165, 1.54) is 10.7 Å². The highest BCUT2D eigenvalue weighted by atomic mass is 32.2. The van der Waals surface area contributed by atoms with Crippen LogP contribution in [0.3, 0.4) is 0 Å². The van der Waals surface area contributed by atoms with Gasteiger partial charge in [0.1, 0.15) is 5.82 Å². The van der Waals surface area contributed by atoms with Gasteiger partial charge in [-0.05, 0) is 24.3 Å². The first kappa shape index (κ1) is 14.2. The maximum Gasteiger partial charge on any atom is 0.276 e. The third kappa shape index (κ3) is 3.00. The Morgan fingerprint density at radius 1 is 1.40 bits per heavy atom. The van der Waals surface area contributed by atoms with Crippen molar-refractivity contribution in [1.29, 1.82) is 0 Å². The molecule has 0 spiro atoms. The molecule has 1 amide bonds. The highest BCUT2D eigenvalue weighted by Crippen LogP contribution is 2.18. The molecule has 1 aromatic carbocycles. The number of carbonyl (C=O) groups is 1. The van der Waals surface area contributed by atoms with Gasteiger partial charge in [-0.2, -0.15) is 5.10 Å². The van der Waals surface area contributed by atoms with Crippen molar-refractivity contribution >= 4 is 21.6 Å². The van der Waals surface area contributed by atoms with E-state index in [0.29, 0.717) is 0 Å². The van der Waals surface area contributed by atoms with Gasteiger partial charge in [0.05, 0.1) is 10.6 Å². The number of amides is 1. The quantitative estimate of drug-likeness (QED) is 0.858. The zero-order valence-corrected chi connectivity index (χ0v) is 11.2. The molecule has 1 heterocycles. The number of anilines is 1. The van der Waals surface area contributed by atoms with Gasteiger partial charge in [-0.3, -0.25) is 9.48 Å². The lowest BCUT2D eigenvalue weighted by Crippen LogP contribution is -2.16. The molecule has 0 fully saturated rings. The third-order valence-corrected chi connectivity index (χ3v) is 3.37. The number of nitrogens with two attached hydrogens (primary N) is 1. The Morgan fingerprint density at radius 2 is 2.10 bits per heavy atom. The number of halogens is 1. The van der Waals surface area contributed by atoms with Gasteiger partial charge in [-0.1, -0.05) is 0 Å². The predicted octanol–water partition coefficient (Wildman–Crippen LogP) is 0.459. The van der Waals surface area contributed by atoms with Crippen LogP contribution in [0.5, 0.6) is 0 Å². The first-order valence-corrected chi connectivity index (χ1v) is 6.95. The van der Waals surface area contributed by atoms with Crippen molar-refractivity contribution in [3.05, 3.63) is 42.0 Å². The van der Waals surface area contributed by atoms with Crippen molar-refractivity contribution in [3.8, 4) is 0 Å². The summed E-state index contributed by atoms with van der Waals surface area (Å²) in [6, 6.07) is 4.43. The van der Waals surface area contributed by atoms with Crippen molar-refractivity contribution in [1.82, 2.24) is 9.78 Å². The number of carbonyl (C=O) groups excluding carboxylic acids is 1. The van der Waals surface area contributed by atoms with E-state index in [-0.39, 0.29) is 16.3 Å². The zero-order valence-electron chi connectivity index (χ0n) is 10.4. The standard InChI is InChI=1S/C11H11FN4O3S/c1-16-5-4-10(15-16)11(17)14-9-3-2-7(6-8(9)12)20(13,18)19/h2-6H,1H3,(H,14,17)(H2,13,18,19). The largest absolute Gasteiger partial charge is 0.318 e. The number of nitrogens with one attached hydrogen (secondary N) is 1. The van der Waals surface area contributed by atoms with E-state index < -0.39 is 21.7 Å². The molecule has 0 atom stereocenters. The first-order chi connectivity index (χ1) is 9.27. The lowest BCUT2D eigenvalue weighted by molar-refractivity contribution is 0.102. The van der Waals surface area contributed by atoms with Crippen LogP contribution in [0.15, 0.2) is 35.4 Å². The minimum atomic E-state index is -3.99. The number of sulfonamides is 1. The van der Waals surface area contributed by atoms with E-state index in [0.717, 1.165) is 18.2 Å². The maximum absolute atomic E-state index is 13.7. The van der Waals surface area contributed by atoms with Crippen molar-refractivity contribution < 1.29 is 17.6 Å². The van der Waals surface area contributed by atoms with E-state index in [1.54, 1.807) is 13.2 Å². The minimum absolute atomic E-state index is 0.113. The molecule has 7 nitrogen and oxygen atoms in total. The van der Waals surface area contributed by atoms with E-state index in [1.807, 2.05) is 0 Å². The van der Waals surface area contributed by atoms with Gasteiger partial charge in [-0.15, -0.1) is 0 Å². The monoisotopic (exact) mass is 298 g/mol. The molecule has 0 aliphatic carbocycles. The average molecular weight is 298 g/mol. The second kappa shape index (κ2) is 5.02. The number of hydrogen-bond donors (Lipinski definition) is 2. The van der Waals surface area contributed by atoms with Crippen molar-refractivity contribution in [3.63, 3.8) is 0 Å². The fraction of sp³-hybridized carbons (Fsp3) is 0.0909. The van der Waals surface area contributed by atoms with E-state index in [4.69, 9.17) is 5.14 Å². The Hall–Kier alpha value is -2.26. The summed E-state index contributed by atoms with van der Waals surface area (Å²) < 4.78 is 37.2. The van der Waals surface area contributed by atoms with Crippen LogP contribution >= 0.6 is 0 Å². The Morgan fingerprint density at radius 3 is 2.60 bits per heavy atom. The fourth-order valence-electron chi connectivity index (χ4n) is 1.50. The lowest BCUT2D eigenvalue weighted by atomic mass is 10.3. The van der Waals surface area contributed by atoms with Crippen molar-refractivity contribution in [2.24, 2.45) is 12.2 Å². The number of benzene rings is 1. The predicted molar refractivity (Wildman–Crippen MR) is 68.9 cm³/mol. The van der Waals surface area contributed by atoms with Gasteiger partial charge < -0.3 is 5.32 Å². The number of aromatic nitrogens is 2. The van der Waals surface area contributed by atoms with Crippen LogP contribution in [0.1, 0.15) is 10.5 Å². The smallest absolute Gasteiger partial charge is 0.276 e. The van der Waals surface area contributed by atoms with E-state index in [2.05, 4.69) is 10.4 Å². The summed E-state index contributed by atoms with van der Waals surface area (Å²) in [7, 11) is -2.35. The molecular formula is C11H11FN4O3S. The average Bonchev–Trinajstić information content (AvgIpc) is 2.77. The molecule has 106 valence electrons. The van der Waals surface area contributed by atoms with Gasteiger partial charge in [0.25, 0.3) is 5.91 Å². The second-order valence-corrected chi connectivity index (χ2v) is 5.58. The molecule has 0 saturated carbocycles. The normalized spacial score (nSPS) is 11.3. The van der Waals surface area contributed by atoms with Gasteiger partial charge >= 0.3 is 0 Å². The summed E-state index contributed by atoms with van der Waals surface area (Å²) in [5.74, 6) is -1.51. The molecular weight excluding hydrogens is 287 g/mol. The lowest BCUT2D eigenvalue weighted by Gasteiger charge is -2.06. The summed E-state index contributed by atoms with van der Waals surface area (Å²) in [5, 5.41) is 11.0.